The first-order chi connectivity index (χ1) is 33.4. The van der Waals surface area contributed by atoms with E-state index in [1.807, 2.05) is 86.6 Å². The molecule has 0 aliphatic carbocycles. The number of amides is 1. The molecule has 1 amide bonds. The molecule has 368 valence electrons. The number of rotatable bonds is 13. The molecule has 6 aromatic carbocycles. The minimum atomic E-state index is -0.833. The van der Waals surface area contributed by atoms with Crippen molar-refractivity contribution in [3.05, 3.63) is 155 Å². The molecule has 1 unspecified atom stereocenters. The number of aromatic hydroxyl groups is 4. The first-order valence-electron chi connectivity index (χ1n) is 20.8. The summed E-state index contributed by atoms with van der Waals surface area (Å²) in [7, 11) is 0. The fraction of sp³-hybridized carbons (Fsp3) is 0.160. The van der Waals surface area contributed by atoms with Crippen LogP contribution >= 0.6 is 63.7 Å². The van der Waals surface area contributed by atoms with Crippen LogP contribution in [0, 0.1) is 0 Å². The zero-order chi connectivity index (χ0) is 51.7. The number of phenols is 4. The Balaban J connectivity index is 0.000000276. The van der Waals surface area contributed by atoms with Crippen LogP contribution in [-0.2, 0) is 9.59 Å². The number of ether oxygens (including phenoxy) is 4. The highest BCUT2D eigenvalue weighted by Crippen LogP contribution is 2.47. The number of nitrogens with zero attached hydrogens (tertiary/aromatic N) is 2. The molecule has 1 aliphatic rings. The highest BCUT2D eigenvalue weighted by atomic mass is 79.9. The lowest BCUT2D eigenvalue weighted by molar-refractivity contribution is -0.134. The molecule has 1 atom stereocenters. The predicted molar refractivity (Wildman–Crippen MR) is 280 cm³/mol. The van der Waals surface area contributed by atoms with Crippen molar-refractivity contribution in [2.24, 2.45) is 16.8 Å². The van der Waals surface area contributed by atoms with Crippen molar-refractivity contribution in [2.75, 3.05) is 13.2 Å². The molecule has 7 rings (SSSR count). The third-order valence-corrected chi connectivity index (χ3v) is 13.8. The molecule has 1 heterocycles. The number of halogens is 4. The highest BCUT2D eigenvalue weighted by molar-refractivity contribution is 9.13. The van der Waals surface area contributed by atoms with Crippen LogP contribution in [-0.4, -0.2) is 67.1 Å². The number of hydrogen-bond donors (Lipinski definition) is 7. The lowest BCUT2D eigenvalue weighted by Gasteiger charge is -2.22. The first-order valence-corrected chi connectivity index (χ1v) is 24.0. The number of nitrogens with two attached hydrogens (primary N) is 2. The van der Waals surface area contributed by atoms with E-state index in [0.717, 1.165) is 29.7 Å². The Bertz CT molecular complexity index is 2810. The van der Waals surface area contributed by atoms with Crippen molar-refractivity contribution in [1.29, 1.82) is 0 Å². The van der Waals surface area contributed by atoms with Gasteiger partial charge in [-0.2, -0.15) is 5.10 Å². The van der Waals surface area contributed by atoms with Gasteiger partial charge in [0.15, 0.2) is 28.8 Å². The standard InChI is InChI=1S/C25H22Br2N2O5.C23H18Br2O5.C2H4O2.H4N2/c1-3-33-16-8-10-18(11-9-16)34-17-6-4-15(5-7-17)20-13-21(29(28-20)14(2)30)19-12-22(31)25(32)24(27)23(19)26;1-2-29-16-8-10-18(11-9-16)30-17-6-3-14(4-7-17)19(26)12-5-15-13-20(27)23(28)22(25)21(15)24;1-2(3)4;1-2/h4-12,21,31-32H,3,13H2,1-2H3;3-13,27-28H,2H2,1H3;1H3,(H,3,4);1-2H2/b;12-5+;;. The van der Waals surface area contributed by atoms with E-state index in [9.17, 15) is 30.0 Å². The first kappa shape index (κ1) is 56.2. The summed E-state index contributed by atoms with van der Waals surface area (Å²) in [5.41, 5.74) is 3.24. The van der Waals surface area contributed by atoms with Gasteiger partial charge in [0.05, 0.1) is 33.9 Å². The van der Waals surface area contributed by atoms with Crippen molar-refractivity contribution < 1.29 is 58.9 Å². The molecule has 0 fully saturated rings. The number of carbonyl (C=O) groups is 3. The molecule has 0 saturated carbocycles. The number of hydrazine groups is 1. The van der Waals surface area contributed by atoms with E-state index in [1.54, 1.807) is 30.3 Å². The third kappa shape index (κ3) is 15.5. The van der Waals surface area contributed by atoms with Crippen molar-refractivity contribution in [2.45, 2.75) is 40.2 Å². The SMILES string of the molecule is CC(=O)O.CCOc1ccc(Oc2ccc(C(=O)/C=C/c3cc(O)c(O)c(Br)c3Br)cc2)cc1.CCOc1ccc(Oc2ccc(C3=NN(C(C)=O)C(c4cc(O)c(O)c(Br)c4Br)C3)cc2)cc1.NN. The average Bonchev–Trinajstić information content (AvgIpc) is 3.80. The summed E-state index contributed by atoms with van der Waals surface area (Å²) in [6.07, 6.45) is 3.39. The Kier molecular flexibility index (Phi) is 21.7. The summed E-state index contributed by atoms with van der Waals surface area (Å²) in [5.74, 6) is 9.82. The van der Waals surface area contributed by atoms with Crippen molar-refractivity contribution >= 4 is 93.2 Å². The summed E-state index contributed by atoms with van der Waals surface area (Å²) in [5, 5.41) is 52.9. The van der Waals surface area contributed by atoms with Crippen molar-refractivity contribution in [3.8, 4) is 57.5 Å². The van der Waals surface area contributed by atoms with Gasteiger partial charge in [-0.25, -0.2) is 5.01 Å². The maximum atomic E-state index is 12.5. The number of carboxylic acids is 1. The van der Waals surface area contributed by atoms with E-state index >= 15 is 0 Å². The van der Waals surface area contributed by atoms with E-state index in [1.165, 1.54) is 30.1 Å². The van der Waals surface area contributed by atoms with Crippen LogP contribution in [0.3, 0.4) is 0 Å². The highest BCUT2D eigenvalue weighted by Gasteiger charge is 2.34. The smallest absolute Gasteiger partial charge is 0.300 e. The number of carboxylic acid groups (broad SMARTS) is 1. The van der Waals surface area contributed by atoms with Crippen LogP contribution in [0.5, 0.6) is 57.5 Å². The summed E-state index contributed by atoms with van der Waals surface area (Å²) in [4.78, 5) is 33.8. The fourth-order valence-electron chi connectivity index (χ4n) is 6.30. The maximum absolute atomic E-state index is 12.5. The van der Waals surface area contributed by atoms with Gasteiger partial charge in [-0.05, 0) is 216 Å². The molecule has 16 nitrogen and oxygen atoms in total. The Morgan fingerprint density at radius 1 is 0.643 bits per heavy atom. The number of allylic oxidation sites excluding steroid dienone is 1. The zero-order valence-electron chi connectivity index (χ0n) is 37.9. The van der Waals surface area contributed by atoms with E-state index in [4.69, 9.17) is 28.8 Å². The van der Waals surface area contributed by atoms with Crippen molar-refractivity contribution in [3.63, 3.8) is 0 Å². The summed E-state index contributed by atoms with van der Waals surface area (Å²) in [6, 6.07) is 31.3. The average molecular weight is 1220 g/mol. The Hall–Kier alpha value is -6.42. The van der Waals surface area contributed by atoms with Crippen LogP contribution in [0.1, 0.15) is 67.2 Å². The minimum Gasteiger partial charge on any atom is -0.504 e. The number of benzene rings is 6. The molecule has 0 radical (unpaired) electrons. The van der Waals surface area contributed by atoms with Gasteiger partial charge in [0.2, 0.25) is 5.91 Å². The summed E-state index contributed by atoms with van der Waals surface area (Å²) >= 11 is 13.2. The number of ketones is 1. The van der Waals surface area contributed by atoms with E-state index < -0.39 is 12.0 Å². The number of hydrazone groups is 1. The van der Waals surface area contributed by atoms with Crippen LogP contribution < -0.4 is 30.6 Å². The largest absolute Gasteiger partial charge is 0.504 e. The summed E-state index contributed by atoms with van der Waals surface area (Å²) < 4.78 is 24.2. The van der Waals surface area contributed by atoms with Gasteiger partial charge in [-0.15, -0.1) is 0 Å². The molecule has 70 heavy (non-hydrogen) atoms. The summed E-state index contributed by atoms with van der Waals surface area (Å²) in [6.45, 7) is 7.60. The second-order valence-electron chi connectivity index (χ2n) is 14.3. The molecular weight excluding hydrogens is 1170 g/mol. The molecule has 0 spiro atoms. The van der Waals surface area contributed by atoms with Gasteiger partial charge in [0.25, 0.3) is 5.97 Å². The number of phenolic OH excluding ortho intramolecular Hbond substituents is 4. The van der Waals surface area contributed by atoms with Gasteiger partial charge >= 0.3 is 0 Å². The monoisotopic (exact) mass is 1210 g/mol. The van der Waals surface area contributed by atoms with Crippen LogP contribution in [0.15, 0.2) is 138 Å². The lowest BCUT2D eigenvalue weighted by atomic mass is 9.98. The minimum absolute atomic E-state index is 0.210. The van der Waals surface area contributed by atoms with Crippen LogP contribution in [0.25, 0.3) is 6.08 Å². The van der Waals surface area contributed by atoms with E-state index in [-0.39, 0.29) is 34.7 Å². The van der Waals surface area contributed by atoms with E-state index in [0.29, 0.717) is 77.2 Å². The van der Waals surface area contributed by atoms with Gasteiger partial charge in [0.1, 0.15) is 34.5 Å². The number of aliphatic carboxylic acids is 1. The second-order valence-corrected chi connectivity index (χ2v) is 17.5. The molecular formula is C50H48Br4N4O12. The third-order valence-electron chi connectivity index (χ3n) is 9.45. The molecule has 1 aliphatic heterocycles. The molecule has 0 bridgehead atoms. The molecule has 0 saturated heterocycles. The zero-order valence-corrected chi connectivity index (χ0v) is 44.2. The maximum Gasteiger partial charge on any atom is 0.300 e. The quantitative estimate of drug-likeness (QED) is 0.0187. The lowest BCUT2D eigenvalue weighted by Crippen LogP contribution is -2.24. The van der Waals surface area contributed by atoms with E-state index in [2.05, 4.69) is 80.5 Å². The number of carbonyl (C=O) groups excluding carboxylic acids is 2. The Labute approximate surface area is 437 Å². The normalized spacial score (nSPS) is 12.5. The Morgan fingerprint density at radius 3 is 1.49 bits per heavy atom. The molecule has 9 N–H and O–H groups in total. The molecule has 6 aromatic rings. The molecule has 0 aromatic heterocycles. The van der Waals surface area contributed by atoms with Gasteiger partial charge in [0, 0.05) is 34.8 Å². The number of hydrogen-bond acceptors (Lipinski definition) is 14. The van der Waals surface area contributed by atoms with Gasteiger partial charge in [-0.1, -0.05) is 0 Å². The van der Waals surface area contributed by atoms with Crippen molar-refractivity contribution in [1.82, 2.24) is 5.01 Å². The van der Waals surface area contributed by atoms with Crippen LogP contribution in [0.4, 0.5) is 0 Å². The van der Waals surface area contributed by atoms with Gasteiger partial charge < -0.3 is 44.5 Å². The second kappa shape index (κ2) is 27.1. The van der Waals surface area contributed by atoms with Gasteiger partial charge in [-0.3, -0.25) is 26.1 Å². The topological polar surface area (TPSA) is 257 Å². The Morgan fingerprint density at radius 2 is 1.04 bits per heavy atom. The fourth-order valence-corrected chi connectivity index (χ4v) is 8.17. The predicted octanol–water partition coefficient (Wildman–Crippen LogP) is 12.1. The van der Waals surface area contributed by atoms with Crippen LogP contribution in [0.2, 0.25) is 0 Å². The molecule has 20 heteroatoms.